The molecule has 0 saturated heterocycles. The Balaban J connectivity index is 1.61. The molecule has 3 heteroatoms. The van der Waals surface area contributed by atoms with E-state index in [1.54, 1.807) is 0 Å². The first kappa shape index (κ1) is 12.2. The predicted octanol–water partition coefficient (Wildman–Crippen LogP) is 2.60. The molecule has 3 rings (SSSR count). The van der Waals surface area contributed by atoms with Crippen molar-refractivity contribution < 1.29 is 4.79 Å². The second-order valence-electron chi connectivity index (χ2n) is 5.83. The van der Waals surface area contributed by atoms with Crippen molar-refractivity contribution in [2.45, 2.75) is 31.6 Å². The van der Waals surface area contributed by atoms with Crippen molar-refractivity contribution in [2.24, 2.45) is 11.3 Å². The summed E-state index contributed by atoms with van der Waals surface area (Å²) in [4.78, 5) is 12.2. The van der Waals surface area contributed by atoms with Crippen LogP contribution in [0.4, 0.5) is 0 Å². The van der Waals surface area contributed by atoms with Crippen LogP contribution < -0.4 is 5.32 Å². The van der Waals surface area contributed by atoms with Crippen LogP contribution in [0.15, 0.2) is 30.3 Å². The van der Waals surface area contributed by atoms with Crippen molar-refractivity contribution in [3.63, 3.8) is 0 Å². The van der Waals surface area contributed by atoms with Crippen LogP contribution in [-0.4, -0.2) is 12.5 Å². The average molecular weight is 254 g/mol. The molecule has 1 amide bonds. The van der Waals surface area contributed by atoms with E-state index in [4.69, 9.17) is 0 Å². The fraction of sp³-hybridized carbons (Fsp3) is 0.500. The molecule has 0 radical (unpaired) electrons. The van der Waals surface area contributed by atoms with Crippen LogP contribution in [0, 0.1) is 22.7 Å². The molecule has 3 nitrogen and oxygen atoms in total. The molecule has 0 heterocycles. The van der Waals surface area contributed by atoms with Gasteiger partial charge in [0.2, 0.25) is 5.91 Å². The van der Waals surface area contributed by atoms with Gasteiger partial charge in [0.15, 0.2) is 0 Å². The second-order valence-corrected chi connectivity index (χ2v) is 5.83. The van der Waals surface area contributed by atoms with Crippen molar-refractivity contribution in [3.8, 4) is 6.07 Å². The minimum Gasteiger partial charge on any atom is -0.354 e. The van der Waals surface area contributed by atoms with Gasteiger partial charge in [-0.3, -0.25) is 4.79 Å². The third-order valence-electron chi connectivity index (χ3n) is 4.47. The maximum Gasteiger partial charge on any atom is 0.241 e. The van der Waals surface area contributed by atoms with Crippen LogP contribution >= 0.6 is 0 Å². The van der Waals surface area contributed by atoms with Gasteiger partial charge in [0.05, 0.1) is 6.07 Å². The van der Waals surface area contributed by atoms with Crippen LogP contribution in [0.3, 0.4) is 0 Å². The Labute approximate surface area is 113 Å². The molecule has 1 N–H and O–H groups in total. The SMILES string of the molecule is N#CC(C(=O)NCC1(C2CC2)CC1)c1ccccc1. The minimum atomic E-state index is -0.684. The van der Waals surface area contributed by atoms with E-state index in [2.05, 4.69) is 11.4 Å². The molecule has 2 fully saturated rings. The van der Waals surface area contributed by atoms with Gasteiger partial charge in [-0.25, -0.2) is 0 Å². The highest BCUT2D eigenvalue weighted by Crippen LogP contribution is 2.60. The molecule has 1 unspecified atom stereocenters. The molecule has 0 aliphatic heterocycles. The Morgan fingerprint density at radius 3 is 2.58 bits per heavy atom. The zero-order valence-electron chi connectivity index (χ0n) is 10.9. The van der Waals surface area contributed by atoms with Gasteiger partial charge in [-0.1, -0.05) is 30.3 Å². The quantitative estimate of drug-likeness (QED) is 0.878. The van der Waals surface area contributed by atoms with Crippen LogP contribution in [0.1, 0.15) is 37.2 Å². The van der Waals surface area contributed by atoms with Gasteiger partial charge in [0.1, 0.15) is 5.92 Å². The summed E-state index contributed by atoms with van der Waals surface area (Å²) in [7, 11) is 0. The number of carbonyl (C=O) groups excluding carboxylic acids is 1. The summed E-state index contributed by atoms with van der Waals surface area (Å²) < 4.78 is 0. The number of carbonyl (C=O) groups is 1. The topological polar surface area (TPSA) is 52.9 Å². The summed E-state index contributed by atoms with van der Waals surface area (Å²) >= 11 is 0. The van der Waals surface area contributed by atoms with E-state index in [9.17, 15) is 10.1 Å². The summed E-state index contributed by atoms with van der Waals surface area (Å²) in [6, 6.07) is 11.4. The number of nitrogens with zero attached hydrogens (tertiary/aromatic N) is 1. The normalized spacial score (nSPS) is 21.2. The Morgan fingerprint density at radius 2 is 2.05 bits per heavy atom. The first-order valence-corrected chi connectivity index (χ1v) is 6.97. The van der Waals surface area contributed by atoms with Crippen molar-refractivity contribution in [1.82, 2.24) is 5.32 Å². The summed E-state index contributed by atoms with van der Waals surface area (Å²) in [5.74, 6) is -0.0121. The predicted molar refractivity (Wildman–Crippen MR) is 72.2 cm³/mol. The molecule has 19 heavy (non-hydrogen) atoms. The molecule has 0 spiro atoms. The fourth-order valence-electron chi connectivity index (χ4n) is 2.88. The van der Waals surface area contributed by atoms with E-state index >= 15 is 0 Å². The van der Waals surface area contributed by atoms with Gasteiger partial charge in [-0.05, 0) is 42.6 Å². The maximum atomic E-state index is 12.2. The number of hydrogen-bond acceptors (Lipinski definition) is 2. The Bertz CT molecular complexity index is 509. The van der Waals surface area contributed by atoms with E-state index in [0.29, 0.717) is 5.41 Å². The molecule has 0 bridgehead atoms. The summed E-state index contributed by atoms with van der Waals surface area (Å²) in [6.07, 6.45) is 5.10. The number of hydrogen-bond donors (Lipinski definition) is 1. The van der Waals surface area contributed by atoms with Gasteiger partial charge < -0.3 is 5.32 Å². The molecule has 98 valence electrons. The Hall–Kier alpha value is -1.82. The number of benzene rings is 1. The third-order valence-corrected chi connectivity index (χ3v) is 4.47. The smallest absolute Gasteiger partial charge is 0.241 e. The molecule has 0 aromatic heterocycles. The first-order chi connectivity index (χ1) is 9.25. The fourth-order valence-corrected chi connectivity index (χ4v) is 2.88. The minimum absolute atomic E-state index is 0.152. The highest BCUT2D eigenvalue weighted by Gasteiger charge is 2.53. The Kier molecular flexibility index (Phi) is 3.02. The summed E-state index contributed by atoms with van der Waals surface area (Å²) in [5.41, 5.74) is 1.16. The van der Waals surface area contributed by atoms with Gasteiger partial charge in [0, 0.05) is 6.54 Å². The number of nitriles is 1. The van der Waals surface area contributed by atoms with Crippen LogP contribution in [0.25, 0.3) is 0 Å². The lowest BCUT2D eigenvalue weighted by atomic mass is 9.97. The third kappa shape index (κ3) is 2.49. The zero-order chi connectivity index (χ0) is 13.3. The molecular weight excluding hydrogens is 236 g/mol. The molecule has 1 atom stereocenters. The lowest BCUT2D eigenvalue weighted by Gasteiger charge is -2.16. The molecule has 2 aliphatic carbocycles. The zero-order valence-corrected chi connectivity index (χ0v) is 10.9. The van der Waals surface area contributed by atoms with Crippen molar-refractivity contribution >= 4 is 5.91 Å². The van der Waals surface area contributed by atoms with E-state index in [1.165, 1.54) is 25.7 Å². The first-order valence-electron chi connectivity index (χ1n) is 6.97. The van der Waals surface area contributed by atoms with E-state index < -0.39 is 5.92 Å². The molecule has 2 aliphatic rings. The Morgan fingerprint density at radius 1 is 1.37 bits per heavy atom. The van der Waals surface area contributed by atoms with E-state index in [1.807, 2.05) is 30.3 Å². The van der Waals surface area contributed by atoms with Gasteiger partial charge in [-0.15, -0.1) is 0 Å². The average Bonchev–Trinajstić information content (AvgIpc) is 3.30. The lowest BCUT2D eigenvalue weighted by molar-refractivity contribution is -0.121. The monoisotopic (exact) mass is 254 g/mol. The molecular formula is C16H18N2O. The van der Waals surface area contributed by atoms with Gasteiger partial charge in [-0.2, -0.15) is 5.26 Å². The number of rotatable bonds is 5. The van der Waals surface area contributed by atoms with Gasteiger partial charge >= 0.3 is 0 Å². The maximum absolute atomic E-state index is 12.2. The highest BCUT2D eigenvalue weighted by molar-refractivity contribution is 5.86. The summed E-state index contributed by atoms with van der Waals surface area (Å²) in [6.45, 7) is 0.752. The van der Waals surface area contributed by atoms with Gasteiger partial charge in [0.25, 0.3) is 0 Å². The standard InChI is InChI=1S/C16H18N2O/c17-10-14(12-4-2-1-3-5-12)15(19)18-11-16(8-9-16)13-6-7-13/h1-5,13-14H,6-9,11H2,(H,18,19). The van der Waals surface area contributed by atoms with Crippen molar-refractivity contribution in [2.75, 3.05) is 6.54 Å². The summed E-state index contributed by atoms with van der Waals surface area (Å²) in [5, 5.41) is 12.2. The lowest BCUT2D eigenvalue weighted by Crippen LogP contribution is -2.34. The van der Waals surface area contributed by atoms with Crippen LogP contribution in [0.2, 0.25) is 0 Å². The number of nitrogens with one attached hydrogen (secondary N) is 1. The van der Waals surface area contributed by atoms with Crippen molar-refractivity contribution in [3.05, 3.63) is 35.9 Å². The van der Waals surface area contributed by atoms with Crippen LogP contribution in [-0.2, 0) is 4.79 Å². The molecule has 2 saturated carbocycles. The van der Waals surface area contributed by atoms with Crippen LogP contribution in [0.5, 0.6) is 0 Å². The number of amides is 1. The van der Waals surface area contributed by atoms with E-state index in [0.717, 1.165) is 18.0 Å². The van der Waals surface area contributed by atoms with Crippen molar-refractivity contribution in [1.29, 1.82) is 5.26 Å². The molecule has 1 aromatic rings. The largest absolute Gasteiger partial charge is 0.354 e. The second kappa shape index (κ2) is 4.70. The highest BCUT2D eigenvalue weighted by atomic mass is 16.1. The van der Waals surface area contributed by atoms with E-state index in [-0.39, 0.29) is 5.91 Å². The molecule has 1 aromatic carbocycles.